The first-order valence-corrected chi connectivity index (χ1v) is 23.1. The molecule has 0 spiro atoms. The number of anilines is 3. The summed E-state index contributed by atoms with van der Waals surface area (Å²) in [5.41, 5.74) is 19.2. The Bertz CT molecular complexity index is 3600. The fourth-order valence-corrected chi connectivity index (χ4v) is 11.3. The molecule has 1 aliphatic carbocycles. The van der Waals surface area contributed by atoms with Gasteiger partial charge in [-0.3, -0.25) is 0 Å². The number of thiophene rings is 1. The van der Waals surface area contributed by atoms with Crippen LogP contribution in [0, 0.1) is 0 Å². The molecular formula is C61H47NOS. The third kappa shape index (κ3) is 6.21. The van der Waals surface area contributed by atoms with Gasteiger partial charge >= 0.3 is 0 Å². The van der Waals surface area contributed by atoms with Crippen LogP contribution in [0.25, 0.3) is 86.6 Å². The van der Waals surface area contributed by atoms with Gasteiger partial charge in [-0.1, -0.05) is 162 Å². The number of para-hydroxylation sites is 1. The van der Waals surface area contributed by atoms with Crippen molar-refractivity contribution in [2.24, 2.45) is 0 Å². The normalized spacial score (nSPS) is 13.2. The van der Waals surface area contributed by atoms with Crippen LogP contribution in [-0.4, -0.2) is 0 Å². The van der Waals surface area contributed by atoms with E-state index in [1.54, 1.807) is 0 Å². The molecule has 0 amide bonds. The number of furan rings is 1. The van der Waals surface area contributed by atoms with Crippen LogP contribution in [0.5, 0.6) is 0 Å². The van der Waals surface area contributed by atoms with Crippen molar-refractivity contribution >= 4 is 70.5 Å². The Morgan fingerprint density at radius 3 is 1.70 bits per heavy atom. The fraction of sp³-hybridized carbons (Fsp3) is 0.115. The van der Waals surface area contributed by atoms with Crippen LogP contribution in [0.15, 0.2) is 199 Å². The monoisotopic (exact) mass is 841 g/mol. The van der Waals surface area contributed by atoms with Gasteiger partial charge in [-0.25, -0.2) is 0 Å². The van der Waals surface area contributed by atoms with Gasteiger partial charge in [-0.2, -0.15) is 0 Å². The van der Waals surface area contributed by atoms with Crippen molar-refractivity contribution in [1.29, 1.82) is 0 Å². The number of hydrogen-bond donors (Lipinski definition) is 0. The van der Waals surface area contributed by atoms with Crippen molar-refractivity contribution in [2.75, 3.05) is 4.90 Å². The Hall–Kier alpha value is -7.20. The van der Waals surface area contributed by atoms with E-state index in [0.29, 0.717) is 0 Å². The van der Waals surface area contributed by atoms with Gasteiger partial charge in [-0.15, -0.1) is 11.3 Å². The minimum atomic E-state index is -0.0515. The van der Waals surface area contributed by atoms with Crippen molar-refractivity contribution in [2.45, 2.75) is 45.4 Å². The molecule has 2 heterocycles. The van der Waals surface area contributed by atoms with E-state index < -0.39 is 0 Å². The van der Waals surface area contributed by atoms with Gasteiger partial charge in [0.2, 0.25) is 0 Å². The maximum atomic E-state index is 6.26. The molecule has 0 unspecified atom stereocenters. The van der Waals surface area contributed by atoms with Gasteiger partial charge in [-0.05, 0) is 133 Å². The topological polar surface area (TPSA) is 16.4 Å². The summed E-state index contributed by atoms with van der Waals surface area (Å²) in [6, 6.07) is 71.6. The lowest BCUT2D eigenvalue weighted by atomic mass is 9.79. The molecule has 0 atom stereocenters. The van der Waals surface area contributed by atoms with Crippen LogP contribution in [0.4, 0.5) is 17.1 Å². The molecule has 12 rings (SSSR count). The Kier molecular flexibility index (Phi) is 8.67. The summed E-state index contributed by atoms with van der Waals surface area (Å²) in [5, 5.41) is 4.93. The van der Waals surface area contributed by atoms with E-state index >= 15 is 0 Å². The van der Waals surface area contributed by atoms with Crippen molar-refractivity contribution in [1.82, 2.24) is 0 Å². The molecule has 0 N–H and O–H groups in total. The zero-order valence-electron chi connectivity index (χ0n) is 36.7. The average molecular weight is 842 g/mol. The van der Waals surface area contributed by atoms with E-state index in [1.165, 1.54) is 75.8 Å². The lowest BCUT2D eigenvalue weighted by molar-refractivity contribution is 0.584. The minimum Gasteiger partial charge on any atom is -0.456 e. The number of benzene rings is 9. The number of rotatable bonds is 6. The quantitative estimate of drug-likeness (QED) is 0.166. The number of fused-ring (bicyclic) bond motifs is 9. The van der Waals surface area contributed by atoms with Crippen LogP contribution < -0.4 is 4.90 Å². The molecule has 2 nitrogen and oxygen atoms in total. The molecule has 1 aliphatic rings. The highest BCUT2D eigenvalue weighted by atomic mass is 32.1. The zero-order valence-corrected chi connectivity index (χ0v) is 37.6. The largest absolute Gasteiger partial charge is 0.456 e. The van der Waals surface area contributed by atoms with E-state index in [-0.39, 0.29) is 10.8 Å². The summed E-state index contributed by atoms with van der Waals surface area (Å²) in [6.45, 7) is 11.6. The Labute approximate surface area is 378 Å². The van der Waals surface area contributed by atoms with Gasteiger partial charge in [0.15, 0.2) is 0 Å². The maximum Gasteiger partial charge on any atom is 0.136 e. The molecule has 0 radical (unpaired) electrons. The second-order valence-corrected chi connectivity index (χ2v) is 20.0. The molecule has 0 saturated heterocycles. The third-order valence-electron chi connectivity index (χ3n) is 13.7. The molecule has 308 valence electrons. The summed E-state index contributed by atoms with van der Waals surface area (Å²) >= 11 is 1.86. The summed E-state index contributed by atoms with van der Waals surface area (Å²) in [5.74, 6) is 0. The van der Waals surface area contributed by atoms with Crippen molar-refractivity contribution in [3.63, 3.8) is 0 Å². The molecule has 11 aromatic rings. The summed E-state index contributed by atoms with van der Waals surface area (Å²) in [4.78, 5) is 2.37. The molecule has 3 heteroatoms. The van der Waals surface area contributed by atoms with Crippen molar-refractivity contribution in [3.8, 4) is 44.5 Å². The molecule has 0 bridgehead atoms. The molecule has 0 aliphatic heterocycles. The molecule has 0 saturated carbocycles. The predicted octanol–water partition coefficient (Wildman–Crippen LogP) is 18.0. The molecule has 0 fully saturated rings. The van der Waals surface area contributed by atoms with E-state index in [1.807, 2.05) is 23.5 Å². The highest BCUT2D eigenvalue weighted by molar-refractivity contribution is 7.25. The van der Waals surface area contributed by atoms with Crippen LogP contribution in [0.3, 0.4) is 0 Å². The van der Waals surface area contributed by atoms with Crippen LogP contribution in [0.1, 0.15) is 51.3 Å². The van der Waals surface area contributed by atoms with Gasteiger partial charge < -0.3 is 9.32 Å². The first-order chi connectivity index (χ1) is 31.1. The Morgan fingerprint density at radius 1 is 0.422 bits per heavy atom. The smallest absolute Gasteiger partial charge is 0.136 e. The maximum absolute atomic E-state index is 6.26. The SMILES string of the molecule is CC(C)(C)c1ccc2c(c1)C(C)(C)c1ccc(-c3ccc(N(c4ccc(-c5ccc6c(c5)sc5ccccc56)cc4)c4ccc(-c5cccc6oc7ccccc7c56)cc4)cc3)cc1-2. The summed E-state index contributed by atoms with van der Waals surface area (Å²) in [6.07, 6.45) is 0. The lowest BCUT2D eigenvalue weighted by Crippen LogP contribution is -2.17. The highest BCUT2D eigenvalue weighted by Crippen LogP contribution is 2.51. The molecular weight excluding hydrogens is 795 g/mol. The standard InChI is InChI=1S/C61H47NOS/c1-60(2,3)43-25-33-48-52-35-41(24-34-53(52)61(4,5)54(48)37-43)38-17-26-44(27-18-38)62(45-28-19-39(20-29-45)42-23-32-50-49-11-7-9-16-57(49)64-58(50)36-42)46-30-21-40(22-31-46)47-13-10-15-56-59(47)51-12-6-8-14-55(51)63-56/h6-37H,1-5H3. The predicted molar refractivity (Wildman–Crippen MR) is 274 cm³/mol. The number of hydrogen-bond acceptors (Lipinski definition) is 3. The second kappa shape index (κ2) is 14.4. The average Bonchev–Trinajstić information content (AvgIpc) is 3.96. The molecule has 2 aromatic heterocycles. The summed E-state index contributed by atoms with van der Waals surface area (Å²) < 4.78 is 8.91. The van der Waals surface area contributed by atoms with Crippen LogP contribution >= 0.6 is 11.3 Å². The van der Waals surface area contributed by atoms with Crippen LogP contribution in [0.2, 0.25) is 0 Å². The summed E-state index contributed by atoms with van der Waals surface area (Å²) in [7, 11) is 0. The second-order valence-electron chi connectivity index (χ2n) is 19.0. The Morgan fingerprint density at radius 2 is 1.00 bits per heavy atom. The highest BCUT2D eigenvalue weighted by Gasteiger charge is 2.36. The first kappa shape index (κ1) is 38.5. The zero-order chi connectivity index (χ0) is 43.3. The molecule has 64 heavy (non-hydrogen) atoms. The third-order valence-corrected chi connectivity index (χ3v) is 14.8. The van der Waals surface area contributed by atoms with E-state index in [2.05, 4.69) is 222 Å². The van der Waals surface area contributed by atoms with E-state index in [0.717, 1.165) is 44.6 Å². The van der Waals surface area contributed by atoms with Crippen molar-refractivity contribution in [3.05, 3.63) is 211 Å². The minimum absolute atomic E-state index is 0.0515. The van der Waals surface area contributed by atoms with Gasteiger partial charge in [0, 0.05) is 53.4 Å². The Balaban J connectivity index is 0.920. The van der Waals surface area contributed by atoms with Gasteiger partial charge in [0.1, 0.15) is 11.2 Å². The lowest BCUT2D eigenvalue weighted by Gasteiger charge is -2.26. The first-order valence-electron chi connectivity index (χ1n) is 22.3. The van der Waals surface area contributed by atoms with Crippen molar-refractivity contribution < 1.29 is 4.42 Å². The van der Waals surface area contributed by atoms with E-state index in [4.69, 9.17) is 4.42 Å². The number of nitrogens with zero attached hydrogens (tertiary/aromatic N) is 1. The molecule has 9 aromatic carbocycles. The van der Waals surface area contributed by atoms with Gasteiger partial charge in [0.25, 0.3) is 0 Å². The van der Waals surface area contributed by atoms with Gasteiger partial charge in [0.05, 0.1) is 0 Å². The van der Waals surface area contributed by atoms with E-state index in [9.17, 15) is 0 Å². The van der Waals surface area contributed by atoms with Crippen LogP contribution in [-0.2, 0) is 10.8 Å². The fourth-order valence-electron chi connectivity index (χ4n) is 10.2.